The Kier molecular flexibility index (Phi) is 5.40. The summed E-state index contributed by atoms with van der Waals surface area (Å²) in [6.07, 6.45) is 0. The summed E-state index contributed by atoms with van der Waals surface area (Å²) >= 11 is 1.86. The van der Waals surface area contributed by atoms with Crippen molar-refractivity contribution in [3.8, 4) is 11.1 Å². The number of hydrogen-bond donors (Lipinski definition) is 0. The highest BCUT2D eigenvalue weighted by Gasteiger charge is 2.20. The zero-order chi connectivity index (χ0) is 28.3. The van der Waals surface area contributed by atoms with E-state index in [0.29, 0.717) is 0 Å². The van der Waals surface area contributed by atoms with Gasteiger partial charge in [-0.25, -0.2) is 0 Å². The molecule has 0 spiro atoms. The van der Waals surface area contributed by atoms with Gasteiger partial charge in [0.1, 0.15) is 11.2 Å². The van der Waals surface area contributed by atoms with Gasteiger partial charge in [-0.3, -0.25) is 0 Å². The largest absolute Gasteiger partial charge is 0.456 e. The number of anilines is 3. The van der Waals surface area contributed by atoms with Gasteiger partial charge in [0.25, 0.3) is 0 Å². The lowest BCUT2D eigenvalue weighted by molar-refractivity contribution is 0.669. The lowest BCUT2D eigenvalue weighted by Gasteiger charge is -2.26. The van der Waals surface area contributed by atoms with E-state index in [-0.39, 0.29) is 0 Å². The number of para-hydroxylation sites is 1. The molecule has 0 bridgehead atoms. The first kappa shape index (κ1) is 24.2. The number of fused-ring (bicyclic) bond motifs is 7. The highest BCUT2D eigenvalue weighted by atomic mass is 32.1. The first-order valence-corrected chi connectivity index (χ1v) is 15.3. The van der Waals surface area contributed by atoms with Crippen LogP contribution in [0.15, 0.2) is 156 Å². The van der Waals surface area contributed by atoms with Gasteiger partial charge in [-0.2, -0.15) is 0 Å². The first-order valence-electron chi connectivity index (χ1n) is 14.5. The quantitative estimate of drug-likeness (QED) is 0.210. The second-order valence-electron chi connectivity index (χ2n) is 11.0. The van der Waals surface area contributed by atoms with Crippen molar-refractivity contribution in [2.24, 2.45) is 0 Å². The second-order valence-corrected chi connectivity index (χ2v) is 12.1. The summed E-state index contributed by atoms with van der Waals surface area (Å²) in [5.74, 6) is 0. The van der Waals surface area contributed by atoms with Crippen LogP contribution < -0.4 is 4.90 Å². The summed E-state index contributed by atoms with van der Waals surface area (Å²) in [7, 11) is 0. The summed E-state index contributed by atoms with van der Waals surface area (Å²) in [4.78, 5) is 2.38. The highest BCUT2D eigenvalue weighted by Crippen LogP contribution is 2.46. The van der Waals surface area contributed by atoms with E-state index in [1.807, 2.05) is 23.5 Å². The van der Waals surface area contributed by atoms with Gasteiger partial charge >= 0.3 is 0 Å². The summed E-state index contributed by atoms with van der Waals surface area (Å²) in [6, 6.07) is 54.3. The molecule has 2 aromatic heterocycles. The van der Waals surface area contributed by atoms with Crippen molar-refractivity contribution in [1.82, 2.24) is 0 Å². The minimum Gasteiger partial charge on any atom is -0.456 e. The van der Waals surface area contributed by atoms with Crippen LogP contribution >= 0.6 is 11.3 Å². The van der Waals surface area contributed by atoms with Crippen LogP contribution in [0.3, 0.4) is 0 Å². The number of thiophene rings is 1. The van der Waals surface area contributed by atoms with E-state index in [0.717, 1.165) is 39.0 Å². The van der Waals surface area contributed by atoms with Gasteiger partial charge in [0, 0.05) is 48.4 Å². The van der Waals surface area contributed by atoms with Crippen molar-refractivity contribution in [1.29, 1.82) is 0 Å². The molecule has 0 fully saturated rings. The molecule has 7 aromatic carbocycles. The smallest absolute Gasteiger partial charge is 0.137 e. The molecule has 0 amide bonds. The van der Waals surface area contributed by atoms with Crippen LogP contribution in [-0.2, 0) is 0 Å². The molecule has 0 unspecified atom stereocenters. The summed E-state index contributed by atoms with van der Waals surface area (Å²) in [5.41, 5.74) is 7.52. The minimum absolute atomic E-state index is 0.887. The third-order valence-electron chi connectivity index (χ3n) is 8.44. The molecular formula is C40H25NOS. The van der Waals surface area contributed by atoms with Crippen molar-refractivity contribution >= 4 is 81.3 Å². The lowest BCUT2D eigenvalue weighted by atomic mass is 10.0. The molecule has 0 saturated heterocycles. The molecule has 0 aliphatic carbocycles. The Labute approximate surface area is 252 Å². The lowest BCUT2D eigenvalue weighted by Crippen LogP contribution is -2.10. The molecule has 202 valence electrons. The van der Waals surface area contributed by atoms with Gasteiger partial charge < -0.3 is 9.32 Å². The van der Waals surface area contributed by atoms with Crippen LogP contribution in [0.4, 0.5) is 17.1 Å². The number of furan rings is 1. The molecule has 0 N–H and O–H groups in total. The molecule has 0 saturated carbocycles. The topological polar surface area (TPSA) is 16.4 Å². The third-order valence-corrected chi connectivity index (χ3v) is 9.55. The average Bonchev–Trinajstić information content (AvgIpc) is 3.62. The zero-order valence-electron chi connectivity index (χ0n) is 23.2. The monoisotopic (exact) mass is 567 g/mol. The van der Waals surface area contributed by atoms with Crippen LogP contribution in [0.5, 0.6) is 0 Å². The van der Waals surface area contributed by atoms with Crippen LogP contribution in [0.2, 0.25) is 0 Å². The van der Waals surface area contributed by atoms with Crippen molar-refractivity contribution in [2.75, 3.05) is 4.90 Å². The van der Waals surface area contributed by atoms with Gasteiger partial charge in [-0.15, -0.1) is 11.3 Å². The molecule has 2 nitrogen and oxygen atoms in total. The van der Waals surface area contributed by atoms with E-state index >= 15 is 0 Å². The molecule has 0 atom stereocenters. The summed E-state index contributed by atoms with van der Waals surface area (Å²) in [5, 5.41) is 7.35. The SMILES string of the molecule is c1ccc(-c2ccc(N(c3ccc4c(c3)oc3ccccc34)c3cccc4sc5cc6ccccc6cc5c34)cc2)cc1. The maximum Gasteiger partial charge on any atom is 0.137 e. The fourth-order valence-corrected chi connectivity index (χ4v) is 7.55. The Morgan fingerprint density at radius 1 is 0.442 bits per heavy atom. The van der Waals surface area contributed by atoms with Crippen molar-refractivity contribution in [2.45, 2.75) is 0 Å². The molecule has 0 aliphatic heterocycles. The second kappa shape index (κ2) is 9.59. The van der Waals surface area contributed by atoms with Crippen LogP contribution in [0.1, 0.15) is 0 Å². The van der Waals surface area contributed by atoms with Gasteiger partial charge in [-0.1, -0.05) is 91.0 Å². The molecule has 9 rings (SSSR count). The maximum atomic E-state index is 6.36. The molecule has 43 heavy (non-hydrogen) atoms. The normalized spacial score (nSPS) is 11.7. The Bertz CT molecular complexity index is 2450. The standard InChI is InChI=1S/C40H25NOS/c1-2-9-26(10-3-1)27-17-19-30(20-18-27)41(31-21-22-33-32-13-6-7-15-36(32)42-37(33)25-31)35-14-8-16-38-40(35)34-23-28-11-4-5-12-29(28)24-39(34)43-38/h1-25H. The zero-order valence-corrected chi connectivity index (χ0v) is 24.0. The van der Waals surface area contributed by atoms with Crippen molar-refractivity contribution in [3.05, 3.63) is 152 Å². The molecule has 9 aromatic rings. The number of rotatable bonds is 4. The van der Waals surface area contributed by atoms with E-state index in [2.05, 4.69) is 144 Å². The van der Waals surface area contributed by atoms with E-state index in [9.17, 15) is 0 Å². The van der Waals surface area contributed by atoms with Gasteiger partial charge in [-0.05, 0) is 76.5 Å². The van der Waals surface area contributed by atoms with E-state index < -0.39 is 0 Å². The summed E-state index contributed by atoms with van der Waals surface area (Å²) < 4.78 is 8.93. The highest BCUT2D eigenvalue weighted by molar-refractivity contribution is 7.26. The minimum atomic E-state index is 0.887. The van der Waals surface area contributed by atoms with E-state index in [4.69, 9.17) is 4.42 Å². The van der Waals surface area contributed by atoms with Crippen LogP contribution in [0, 0.1) is 0 Å². The number of benzene rings is 7. The van der Waals surface area contributed by atoms with E-state index in [1.54, 1.807) is 0 Å². The first-order chi connectivity index (χ1) is 21.3. The molecule has 3 heteroatoms. The molecular weight excluding hydrogens is 543 g/mol. The fourth-order valence-electron chi connectivity index (χ4n) is 6.39. The Morgan fingerprint density at radius 3 is 2.00 bits per heavy atom. The molecule has 2 heterocycles. The summed E-state index contributed by atoms with van der Waals surface area (Å²) in [6.45, 7) is 0. The van der Waals surface area contributed by atoms with Crippen LogP contribution in [0.25, 0.3) is 64.0 Å². The fraction of sp³-hybridized carbons (Fsp3) is 0. The number of hydrogen-bond acceptors (Lipinski definition) is 3. The van der Waals surface area contributed by atoms with E-state index in [1.165, 1.54) is 42.1 Å². The average molecular weight is 568 g/mol. The van der Waals surface area contributed by atoms with Crippen molar-refractivity contribution in [3.63, 3.8) is 0 Å². The predicted molar refractivity (Wildman–Crippen MR) is 184 cm³/mol. The van der Waals surface area contributed by atoms with Gasteiger partial charge in [0.05, 0.1) is 5.69 Å². The predicted octanol–water partition coefficient (Wildman–Crippen LogP) is 12.2. The van der Waals surface area contributed by atoms with Gasteiger partial charge in [0.2, 0.25) is 0 Å². The maximum absolute atomic E-state index is 6.36. The van der Waals surface area contributed by atoms with Gasteiger partial charge in [0.15, 0.2) is 0 Å². The Morgan fingerprint density at radius 2 is 1.14 bits per heavy atom. The molecule has 0 radical (unpaired) electrons. The third kappa shape index (κ3) is 3.93. The van der Waals surface area contributed by atoms with Crippen molar-refractivity contribution < 1.29 is 4.42 Å². The Hall–Kier alpha value is -5.38. The molecule has 0 aliphatic rings. The van der Waals surface area contributed by atoms with Crippen LogP contribution in [-0.4, -0.2) is 0 Å². The number of nitrogens with zero attached hydrogens (tertiary/aromatic N) is 1. The Balaban J connectivity index is 1.30.